The fourth-order valence-electron chi connectivity index (χ4n) is 1.04. The highest BCUT2D eigenvalue weighted by Gasteiger charge is 2.25. The largest absolute Gasteiger partial charge is 0.391 e. The van der Waals surface area contributed by atoms with Crippen molar-refractivity contribution < 1.29 is 13.5 Å². The summed E-state index contributed by atoms with van der Waals surface area (Å²) in [4.78, 5) is 1.26. The van der Waals surface area contributed by atoms with Crippen LogP contribution in [0.1, 0.15) is 12.7 Å². The lowest BCUT2D eigenvalue weighted by atomic mass is 10.2. The fraction of sp³-hybridized carbons (Fsp3) is 0.857. The molecule has 0 aliphatic carbocycles. The topological polar surface area (TPSA) is 98.0 Å². The van der Waals surface area contributed by atoms with E-state index in [1.807, 2.05) is 0 Å². The minimum absolute atomic E-state index is 0.0854. The van der Waals surface area contributed by atoms with Gasteiger partial charge in [0.15, 0.2) is 15.7 Å². The van der Waals surface area contributed by atoms with Gasteiger partial charge in [-0.2, -0.15) is 4.80 Å². The van der Waals surface area contributed by atoms with Crippen molar-refractivity contribution in [1.82, 2.24) is 20.2 Å². The minimum Gasteiger partial charge on any atom is -0.391 e. The minimum atomic E-state index is -3.25. The van der Waals surface area contributed by atoms with Gasteiger partial charge < -0.3 is 5.11 Å². The molecule has 1 N–H and O–H groups in total. The summed E-state index contributed by atoms with van der Waals surface area (Å²) in [6, 6.07) is 0. The van der Waals surface area contributed by atoms with Gasteiger partial charge >= 0.3 is 0 Å². The van der Waals surface area contributed by atoms with Gasteiger partial charge in [-0.25, -0.2) is 8.42 Å². The molecule has 7 nitrogen and oxygen atoms in total. The highest BCUT2D eigenvalue weighted by molar-refractivity contribution is 7.91. The van der Waals surface area contributed by atoms with Gasteiger partial charge in [0.05, 0.1) is 18.4 Å². The lowest BCUT2D eigenvalue weighted by Gasteiger charge is -2.14. The third-order valence-electron chi connectivity index (χ3n) is 2.16. The molecule has 0 saturated heterocycles. The molecule has 0 spiro atoms. The molecule has 86 valence electrons. The van der Waals surface area contributed by atoms with E-state index in [0.717, 1.165) is 6.26 Å². The summed E-state index contributed by atoms with van der Waals surface area (Å²) in [6.45, 7) is 1.45. The van der Waals surface area contributed by atoms with Gasteiger partial charge in [0, 0.05) is 12.7 Å². The highest BCUT2D eigenvalue weighted by Crippen LogP contribution is 2.07. The molecule has 0 aliphatic rings. The van der Waals surface area contributed by atoms with Crippen LogP contribution in [0, 0.1) is 0 Å². The van der Waals surface area contributed by atoms with E-state index in [1.54, 1.807) is 7.05 Å². The van der Waals surface area contributed by atoms with Crippen LogP contribution >= 0.6 is 0 Å². The number of hydrogen-bond donors (Lipinski definition) is 1. The van der Waals surface area contributed by atoms with Gasteiger partial charge in [-0.1, -0.05) is 0 Å². The first kappa shape index (κ1) is 12.1. The van der Waals surface area contributed by atoms with E-state index in [9.17, 15) is 13.5 Å². The standard InChI is InChI=1S/C7H14N4O3S/c1-5(15(3,13)14)6(12)4-7-8-10-11(2)9-7/h5-6,12H,4H2,1-3H3. The molecule has 2 unspecified atom stereocenters. The monoisotopic (exact) mass is 234 g/mol. The molecular weight excluding hydrogens is 220 g/mol. The summed E-state index contributed by atoms with van der Waals surface area (Å²) in [5.74, 6) is 0.334. The zero-order valence-corrected chi connectivity index (χ0v) is 9.64. The van der Waals surface area contributed by atoms with Crippen molar-refractivity contribution in [1.29, 1.82) is 0 Å². The Morgan fingerprint density at radius 1 is 1.53 bits per heavy atom. The molecular formula is C7H14N4O3S. The van der Waals surface area contributed by atoms with Crippen LogP contribution < -0.4 is 0 Å². The number of aryl methyl sites for hydroxylation is 1. The van der Waals surface area contributed by atoms with Gasteiger partial charge in [0.25, 0.3) is 0 Å². The molecule has 15 heavy (non-hydrogen) atoms. The Bertz CT molecular complexity index is 427. The third kappa shape index (κ3) is 3.24. The summed E-state index contributed by atoms with van der Waals surface area (Å²) < 4.78 is 22.3. The predicted octanol–water partition coefficient (Wildman–Crippen LogP) is -1.45. The molecule has 0 amide bonds. The number of tetrazole rings is 1. The molecule has 0 radical (unpaired) electrons. The van der Waals surface area contributed by atoms with Crippen LogP contribution in [0.5, 0.6) is 0 Å². The van der Waals surface area contributed by atoms with Crippen molar-refractivity contribution in [2.75, 3.05) is 6.26 Å². The van der Waals surface area contributed by atoms with Crippen molar-refractivity contribution >= 4 is 9.84 Å². The van der Waals surface area contributed by atoms with Crippen LogP contribution in [0.25, 0.3) is 0 Å². The molecule has 0 saturated carbocycles. The maximum absolute atomic E-state index is 11.1. The SMILES string of the molecule is CC(C(O)Cc1nnn(C)n1)S(C)(=O)=O. The number of nitrogens with zero attached hydrogens (tertiary/aromatic N) is 4. The van der Waals surface area contributed by atoms with Crippen molar-refractivity contribution in [3.8, 4) is 0 Å². The summed E-state index contributed by atoms with van der Waals surface area (Å²) in [7, 11) is -1.65. The summed E-state index contributed by atoms with van der Waals surface area (Å²) >= 11 is 0. The van der Waals surface area contributed by atoms with Crippen LogP contribution in [0.3, 0.4) is 0 Å². The number of aromatic nitrogens is 4. The van der Waals surface area contributed by atoms with Crippen LogP contribution in [-0.4, -0.2) is 51.3 Å². The fourth-order valence-corrected chi connectivity index (χ4v) is 1.71. The smallest absolute Gasteiger partial charge is 0.177 e. The molecule has 1 aromatic rings. The van der Waals surface area contributed by atoms with Crippen molar-refractivity contribution in [3.63, 3.8) is 0 Å². The van der Waals surface area contributed by atoms with E-state index >= 15 is 0 Å². The second-order valence-corrected chi connectivity index (χ2v) is 5.90. The van der Waals surface area contributed by atoms with E-state index in [4.69, 9.17) is 0 Å². The van der Waals surface area contributed by atoms with Crippen molar-refractivity contribution in [2.24, 2.45) is 7.05 Å². The van der Waals surface area contributed by atoms with Gasteiger partial charge in [0.1, 0.15) is 0 Å². The van der Waals surface area contributed by atoms with Crippen molar-refractivity contribution in [3.05, 3.63) is 5.82 Å². The first-order valence-corrected chi connectivity index (χ1v) is 6.36. The molecule has 0 bridgehead atoms. The van der Waals surface area contributed by atoms with Crippen LogP contribution in [0.2, 0.25) is 0 Å². The maximum Gasteiger partial charge on any atom is 0.177 e. The van der Waals surface area contributed by atoms with Gasteiger partial charge in [-0.15, -0.1) is 10.2 Å². The maximum atomic E-state index is 11.1. The Balaban J connectivity index is 2.68. The first-order chi connectivity index (χ1) is 6.80. The number of hydrogen-bond acceptors (Lipinski definition) is 6. The Hall–Kier alpha value is -1.02. The molecule has 1 heterocycles. The zero-order chi connectivity index (χ0) is 11.6. The summed E-state index contributed by atoms with van der Waals surface area (Å²) in [5.41, 5.74) is 0. The molecule has 8 heteroatoms. The Morgan fingerprint density at radius 3 is 2.53 bits per heavy atom. The summed E-state index contributed by atoms with van der Waals surface area (Å²) in [6.07, 6.45) is 0.164. The normalized spacial score (nSPS) is 16.3. The molecule has 1 rings (SSSR count). The lowest BCUT2D eigenvalue weighted by Crippen LogP contribution is -2.32. The van der Waals surface area contributed by atoms with Crippen LogP contribution in [0.4, 0.5) is 0 Å². The number of aliphatic hydroxyl groups is 1. The number of aliphatic hydroxyl groups excluding tert-OH is 1. The van der Waals surface area contributed by atoms with Crippen LogP contribution in [-0.2, 0) is 23.3 Å². The zero-order valence-electron chi connectivity index (χ0n) is 8.82. The van der Waals surface area contributed by atoms with E-state index in [-0.39, 0.29) is 6.42 Å². The van der Waals surface area contributed by atoms with Gasteiger partial charge in [-0.05, 0) is 12.1 Å². The van der Waals surface area contributed by atoms with Crippen molar-refractivity contribution in [2.45, 2.75) is 24.7 Å². The predicted molar refractivity (Wildman–Crippen MR) is 52.8 cm³/mol. The van der Waals surface area contributed by atoms with Gasteiger partial charge in [-0.3, -0.25) is 0 Å². The Labute approximate surface area is 88.0 Å². The third-order valence-corrected chi connectivity index (χ3v) is 3.82. The van der Waals surface area contributed by atoms with Gasteiger partial charge in [0.2, 0.25) is 0 Å². The number of rotatable bonds is 4. The molecule has 0 aromatic carbocycles. The molecule has 0 aliphatic heterocycles. The quantitative estimate of drug-likeness (QED) is 0.684. The summed E-state index contributed by atoms with van der Waals surface area (Å²) in [5, 5.41) is 19.9. The second kappa shape index (κ2) is 4.23. The lowest BCUT2D eigenvalue weighted by molar-refractivity contribution is 0.170. The van der Waals surface area contributed by atoms with E-state index in [0.29, 0.717) is 5.82 Å². The number of sulfone groups is 1. The van der Waals surface area contributed by atoms with E-state index in [1.165, 1.54) is 11.7 Å². The highest BCUT2D eigenvalue weighted by atomic mass is 32.2. The van der Waals surface area contributed by atoms with E-state index in [2.05, 4.69) is 15.4 Å². The molecule has 2 atom stereocenters. The molecule has 0 fully saturated rings. The first-order valence-electron chi connectivity index (χ1n) is 4.40. The molecule has 1 aromatic heterocycles. The average Bonchev–Trinajstić information content (AvgIpc) is 2.48. The Morgan fingerprint density at radius 2 is 2.13 bits per heavy atom. The Kier molecular flexibility index (Phi) is 3.40. The van der Waals surface area contributed by atoms with E-state index < -0.39 is 21.2 Å². The average molecular weight is 234 g/mol. The van der Waals surface area contributed by atoms with Crippen LogP contribution in [0.15, 0.2) is 0 Å². The second-order valence-electron chi connectivity index (χ2n) is 3.50.